The Morgan fingerprint density at radius 1 is 1.00 bits per heavy atom. The topological polar surface area (TPSA) is 31.4 Å². The van der Waals surface area contributed by atoms with Gasteiger partial charge in [-0.3, -0.25) is 4.98 Å². The molecule has 3 rings (SSSR count). The first-order valence-electron chi connectivity index (χ1n) is 7.65. The number of rotatable bonds is 6. The van der Waals surface area contributed by atoms with E-state index >= 15 is 0 Å². The lowest BCUT2D eigenvalue weighted by molar-refractivity contribution is 0.218. The Bertz CT molecular complexity index is 799. The number of aryl methyl sites for hydroxylation is 1. The predicted molar refractivity (Wildman–Crippen MR) is 93.6 cm³/mol. The molecule has 0 saturated heterocycles. The zero-order chi connectivity index (χ0) is 16.1. The number of pyridine rings is 1. The van der Waals surface area contributed by atoms with E-state index in [1.165, 1.54) is 0 Å². The van der Waals surface area contributed by atoms with Crippen LogP contribution in [0.3, 0.4) is 0 Å². The summed E-state index contributed by atoms with van der Waals surface area (Å²) >= 11 is 6.11. The molecule has 3 nitrogen and oxygen atoms in total. The summed E-state index contributed by atoms with van der Waals surface area (Å²) in [5.41, 5.74) is 1.96. The Morgan fingerprint density at radius 2 is 1.83 bits per heavy atom. The molecule has 0 fully saturated rings. The van der Waals surface area contributed by atoms with Crippen molar-refractivity contribution in [1.29, 1.82) is 0 Å². The number of hydrogen-bond acceptors (Lipinski definition) is 3. The zero-order valence-electron chi connectivity index (χ0n) is 13.0. The third-order valence-electron chi connectivity index (χ3n) is 3.60. The van der Waals surface area contributed by atoms with Crippen LogP contribution in [0, 0.1) is 0 Å². The molecule has 0 atom stereocenters. The number of halogens is 1. The summed E-state index contributed by atoms with van der Waals surface area (Å²) in [5.74, 6) is 1.59. The molecule has 0 spiro atoms. The molecule has 118 valence electrons. The quantitative estimate of drug-likeness (QED) is 0.603. The SMILES string of the molecule is CCc1cc(OCCOc2cccc3cccnc23)ccc1Cl. The molecule has 0 aliphatic carbocycles. The molecule has 0 radical (unpaired) electrons. The molecule has 0 unspecified atom stereocenters. The van der Waals surface area contributed by atoms with E-state index in [1.807, 2.05) is 48.5 Å². The summed E-state index contributed by atoms with van der Waals surface area (Å²) in [6, 6.07) is 15.6. The van der Waals surface area contributed by atoms with Crippen molar-refractivity contribution in [3.63, 3.8) is 0 Å². The van der Waals surface area contributed by atoms with Crippen LogP contribution in [0.25, 0.3) is 10.9 Å². The highest BCUT2D eigenvalue weighted by Crippen LogP contribution is 2.24. The van der Waals surface area contributed by atoms with Gasteiger partial charge in [-0.15, -0.1) is 0 Å². The highest BCUT2D eigenvalue weighted by molar-refractivity contribution is 6.31. The number of aromatic nitrogens is 1. The minimum atomic E-state index is 0.458. The second-order valence-corrected chi connectivity index (χ2v) is 5.54. The fourth-order valence-corrected chi connectivity index (χ4v) is 2.67. The first kappa shape index (κ1) is 15.6. The first-order chi connectivity index (χ1) is 11.3. The van der Waals surface area contributed by atoms with Crippen LogP contribution in [0.2, 0.25) is 5.02 Å². The maximum atomic E-state index is 6.11. The average Bonchev–Trinajstić information content (AvgIpc) is 2.60. The highest BCUT2D eigenvalue weighted by atomic mass is 35.5. The summed E-state index contributed by atoms with van der Waals surface area (Å²) < 4.78 is 11.5. The van der Waals surface area contributed by atoms with Gasteiger partial charge in [0.15, 0.2) is 0 Å². The molecule has 0 N–H and O–H groups in total. The number of hydrogen-bond donors (Lipinski definition) is 0. The van der Waals surface area contributed by atoms with Gasteiger partial charge in [0.25, 0.3) is 0 Å². The van der Waals surface area contributed by atoms with Gasteiger partial charge >= 0.3 is 0 Å². The summed E-state index contributed by atoms with van der Waals surface area (Å²) in [5, 5.41) is 1.84. The van der Waals surface area contributed by atoms with Crippen molar-refractivity contribution in [2.45, 2.75) is 13.3 Å². The Morgan fingerprint density at radius 3 is 2.70 bits per heavy atom. The number of ether oxygens (including phenoxy) is 2. The maximum absolute atomic E-state index is 6.11. The van der Waals surface area contributed by atoms with Crippen LogP contribution in [-0.4, -0.2) is 18.2 Å². The van der Waals surface area contributed by atoms with Gasteiger partial charge in [-0.25, -0.2) is 0 Å². The van der Waals surface area contributed by atoms with E-state index < -0.39 is 0 Å². The van der Waals surface area contributed by atoms with Gasteiger partial charge in [-0.2, -0.15) is 0 Å². The van der Waals surface area contributed by atoms with Crippen LogP contribution in [0.4, 0.5) is 0 Å². The Hall–Kier alpha value is -2.26. The van der Waals surface area contributed by atoms with Crippen LogP contribution in [0.15, 0.2) is 54.7 Å². The molecule has 0 aliphatic heterocycles. The smallest absolute Gasteiger partial charge is 0.145 e. The molecule has 1 aromatic heterocycles. The zero-order valence-corrected chi connectivity index (χ0v) is 13.7. The molecular weight excluding hydrogens is 310 g/mol. The molecule has 0 aliphatic rings. The van der Waals surface area contributed by atoms with Crippen molar-refractivity contribution >= 4 is 22.5 Å². The van der Waals surface area contributed by atoms with Crippen molar-refractivity contribution in [3.05, 3.63) is 65.3 Å². The third-order valence-corrected chi connectivity index (χ3v) is 3.97. The van der Waals surface area contributed by atoms with Crippen LogP contribution in [0.5, 0.6) is 11.5 Å². The largest absolute Gasteiger partial charge is 0.490 e. The number of benzene rings is 2. The van der Waals surface area contributed by atoms with E-state index in [4.69, 9.17) is 21.1 Å². The maximum Gasteiger partial charge on any atom is 0.145 e. The molecule has 4 heteroatoms. The summed E-state index contributed by atoms with van der Waals surface area (Å²) in [4.78, 5) is 4.37. The normalized spacial score (nSPS) is 10.7. The van der Waals surface area contributed by atoms with Gasteiger partial charge in [-0.05, 0) is 42.3 Å². The minimum absolute atomic E-state index is 0.458. The minimum Gasteiger partial charge on any atom is -0.490 e. The van der Waals surface area contributed by atoms with E-state index in [2.05, 4.69) is 11.9 Å². The second kappa shape index (κ2) is 7.34. The third kappa shape index (κ3) is 3.74. The predicted octanol–water partition coefficient (Wildman–Crippen LogP) is 4.91. The standard InChI is InChI=1S/C19H18ClNO2/c1-2-14-13-16(8-9-17(14)20)22-11-12-23-18-7-3-5-15-6-4-10-21-19(15)18/h3-10,13H,2,11-12H2,1H3. The van der Waals surface area contributed by atoms with Gasteiger partial charge in [0, 0.05) is 16.6 Å². The van der Waals surface area contributed by atoms with Crippen molar-refractivity contribution in [3.8, 4) is 11.5 Å². The second-order valence-electron chi connectivity index (χ2n) is 5.13. The van der Waals surface area contributed by atoms with E-state index in [-0.39, 0.29) is 0 Å². The molecule has 3 aromatic rings. The van der Waals surface area contributed by atoms with Crippen molar-refractivity contribution in [2.24, 2.45) is 0 Å². The van der Waals surface area contributed by atoms with Gasteiger partial charge in [0.1, 0.15) is 30.2 Å². The van der Waals surface area contributed by atoms with Crippen LogP contribution in [0.1, 0.15) is 12.5 Å². The summed E-state index contributed by atoms with van der Waals surface area (Å²) in [6.45, 7) is 3.00. The van der Waals surface area contributed by atoms with Crippen molar-refractivity contribution in [2.75, 3.05) is 13.2 Å². The Kier molecular flexibility index (Phi) is 4.99. The molecule has 1 heterocycles. The molecule has 0 amide bonds. The van der Waals surface area contributed by atoms with Gasteiger partial charge in [-0.1, -0.05) is 36.7 Å². The lowest BCUT2D eigenvalue weighted by Gasteiger charge is -2.11. The Labute approximate surface area is 140 Å². The lowest BCUT2D eigenvalue weighted by atomic mass is 10.1. The van der Waals surface area contributed by atoms with Crippen LogP contribution >= 0.6 is 11.6 Å². The van der Waals surface area contributed by atoms with Gasteiger partial charge in [0.2, 0.25) is 0 Å². The molecule has 0 saturated carbocycles. The first-order valence-corrected chi connectivity index (χ1v) is 8.03. The fourth-order valence-electron chi connectivity index (χ4n) is 2.42. The monoisotopic (exact) mass is 327 g/mol. The van der Waals surface area contributed by atoms with E-state index in [9.17, 15) is 0 Å². The molecule has 23 heavy (non-hydrogen) atoms. The van der Waals surface area contributed by atoms with E-state index in [0.717, 1.165) is 39.4 Å². The number of nitrogens with zero attached hydrogens (tertiary/aromatic N) is 1. The van der Waals surface area contributed by atoms with Crippen LogP contribution in [-0.2, 0) is 6.42 Å². The van der Waals surface area contributed by atoms with Gasteiger partial charge in [0.05, 0.1) is 0 Å². The average molecular weight is 328 g/mol. The lowest BCUT2D eigenvalue weighted by Crippen LogP contribution is -2.09. The van der Waals surface area contributed by atoms with E-state index in [1.54, 1.807) is 6.20 Å². The highest BCUT2D eigenvalue weighted by Gasteiger charge is 2.04. The van der Waals surface area contributed by atoms with Crippen molar-refractivity contribution in [1.82, 2.24) is 4.98 Å². The van der Waals surface area contributed by atoms with Crippen molar-refractivity contribution < 1.29 is 9.47 Å². The molecule has 2 aromatic carbocycles. The number of para-hydroxylation sites is 1. The number of fused-ring (bicyclic) bond motifs is 1. The Balaban J connectivity index is 1.59. The molecular formula is C19H18ClNO2. The van der Waals surface area contributed by atoms with Crippen LogP contribution < -0.4 is 9.47 Å². The molecule has 0 bridgehead atoms. The summed E-state index contributed by atoms with van der Waals surface area (Å²) in [6.07, 6.45) is 2.65. The fraction of sp³-hybridized carbons (Fsp3) is 0.211. The van der Waals surface area contributed by atoms with E-state index in [0.29, 0.717) is 13.2 Å². The summed E-state index contributed by atoms with van der Waals surface area (Å²) in [7, 11) is 0. The van der Waals surface area contributed by atoms with Gasteiger partial charge < -0.3 is 9.47 Å².